The van der Waals surface area contributed by atoms with E-state index in [1.165, 1.54) is 0 Å². The molecule has 0 bridgehead atoms. The van der Waals surface area contributed by atoms with E-state index in [4.69, 9.17) is 18.9 Å². The van der Waals surface area contributed by atoms with E-state index in [2.05, 4.69) is 0 Å². The fourth-order valence-corrected chi connectivity index (χ4v) is 1.80. The molecule has 1 aliphatic heterocycles. The summed E-state index contributed by atoms with van der Waals surface area (Å²) >= 11 is 0. The highest BCUT2D eigenvalue weighted by Gasteiger charge is 2.29. The molecule has 1 aliphatic rings. The van der Waals surface area contributed by atoms with Crippen molar-refractivity contribution in [1.29, 1.82) is 0 Å². The minimum absolute atomic E-state index is 0.146. The first-order valence-electron chi connectivity index (χ1n) is 6.76. The van der Waals surface area contributed by atoms with Crippen LogP contribution in [0.1, 0.15) is 39.5 Å². The summed E-state index contributed by atoms with van der Waals surface area (Å²) in [7, 11) is 0. The maximum atomic E-state index is 11.7. The lowest BCUT2D eigenvalue weighted by molar-refractivity contribution is -0.206. The summed E-state index contributed by atoms with van der Waals surface area (Å²) < 4.78 is 20.6. The normalized spacial score (nSPS) is 20.6. The molecule has 1 rings (SSSR count). The Kier molecular flexibility index (Phi) is 7.43. The molecule has 0 amide bonds. The van der Waals surface area contributed by atoms with Gasteiger partial charge in [-0.05, 0) is 33.1 Å². The molecule has 1 heterocycles. The van der Waals surface area contributed by atoms with Crippen molar-refractivity contribution < 1.29 is 28.5 Å². The van der Waals surface area contributed by atoms with Gasteiger partial charge < -0.3 is 18.9 Å². The van der Waals surface area contributed by atoms with Crippen LogP contribution in [0.25, 0.3) is 0 Å². The fraction of sp³-hybridized carbons (Fsp3) is 0.846. The maximum absolute atomic E-state index is 11.7. The third-order valence-electron chi connectivity index (χ3n) is 2.66. The van der Waals surface area contributed by atoms with E-state index in [1.54, 1.807) is 13.8 Å². The molecule has 0 aliphatic carbocycles. The summed E-state index contributed by atoms with van der Waals surface area (Å²) in [5.41, 5.74) is 0. The SMILES string of the molecule is CCOC(=O)C[C@H](OC1CCCCO1)C(=O)OCC. The molecular weight excluding hydrogens is 252 g/mol. The van der Waals surface area contributed by atoms with Crippen molar-refractivity contribution in [2.75, 3.05) is 19.8 Å². The average Bonchev–Trinajstić information content (AvgIpc) is 2.40. The summed E-state index contributed by atoms with van der Waals surface area (Å²) in [4.78, 5) is 23.2. The van der Waals surface area contributed by atoms with Crippen LogP contribution in [-0.4, -0.2) is 44.2 Å². The van der Waals surface area contributed by atoms with E-state index >= 15 is 0 Å². The van der Waals surface area contributed by atoms with E-state index < -0.39 is 24.3 Å². The first kappa shape index (κ1) is 15.9. The number of ether oxygens (including phenoxy) is 4. The third kappa shape index (κ3) is 6.02. The van der Waals surface area contributed by atoms with Crippen LogP contribution >= 0.6 is 0 Å². The van der Waals surface area contributed by atoms with Crippen molar-refractivity contribution in [2.24, 2.45) is 0 Å². The second-order valence-corrected chi connectivity index (χ2v) is 4.18. The summed E-state index contributed by atoms with van der Waals surface area (Å²) in [6, 6.07) is 0. The standard InChI is InChI=1S/C13H22O6/c1-3-16-11(14)9-10(13(15)17-4-2)19-12-7-5-6-8-18-12/h10,12H,3-9H2,1-2H3/t10-,12?/m0/s1. The molecule has 0 aromatic carbocycles. The summed E-state index contributed by atoms with van der Waals surface area (Å²) in [6.07, 6.45) is 1.15. The van der Waals surface area contributed by atoms with Crippen molar-refractivity contribution >= 4 is 11.9 Å². The lowest BCUT2D eigenvalue weighted by atomic mass is 10.2. The zero-order chi connectivity index (χ0) is 14.1. The summed E-state index contributed by atoms with van der Waals surface area (Å²) in [5, 5.41) is 0. The predicted octanol–water partition coefficient (Wildman–Crippen LogP) is 1.41. The van der Waals surface area contributed by atoms with Crippen LogP contribution in [-0.2, 0) is 28.5 Å². The molecule has 1 unspecified atom stereocenters. The highest BCUT2D eigenvalue weighted by atomic mass is 16.7. The van der Waals surface area contributed by atoms with Crippen LogP contribution in [0.15, 0.2) is 0 Å². The monoisotopic (exact) mass is 274 g/mol. The minimum atomic E-state index is -0.956. The zero-order valence-corrected chi connectivity index (χ0v) is 11.6. The van der Waals surface area contributed by atoms with E-state index in [9.17, 15) is 9.59 Å². The molecule has 1 fully saturated rings. The van der Waals surface area contributed by atoms with E-state index in [1.807, 2.05) is 0 Å². The van der Waals surface area contributed by atoms with Gasteiger partial charge in [-0.1, -0.05) is 0 Å². The second kappa shape index (κ2) is 8.87. The van der Waals surface area contributed by atoms with Gasteiger partial charge in [0.05, 0.1) is 19.6 Å². The molecule has 0 saturated carbocycles. The molecule has 0 spiro atoms. The molecule has 6 heteroatoms. The topological polar surface area (TPSA) is 71.1 Å². The van der Waals surface area contributed by atoms with Gasteiger partial charge in [-0.2, -0.15) is 0 Å². The van der Waals surface area contributed by atoms with Gasteiger partial charge >= 0.3 is 11.9 Å². The van der Waals surface area contributed by atoms with Crippen molar-refractivity contribution in [2.45, 2.75) is 51.9 Å². The number of hydrogen-bond donors (Lipinski definition) is 0. The largest absolute Gasteiger partial charge is 0.466 e. The predicted molar refractivity (Wildman–Crippen MR) is 66.3 cm³/mol. The van der Waals surface area contributed by atoms with Gasteiger partial charge in [0.1, 0.15) is 0 Å². The molecule has 6 nitrogen and oxygen atoms in total. The lowest BCUT2D eigenvalue weighted by Crippen LogP contribution is -2.36. The first-order valence-corrected chi connectivity index (χ1v) is 6.76. The molecular formula is C13H22O6. The molecule has 0 aromatic heterocycles. The van der Waals surface area contributed by atoms with Crippen molar-refractivity contribution in [3.8, 4) is 0 Å². The van der Waals surface area contributed by atoms with Crippen LogP contribution in [0.5, 0.6) is 0 Å². The van der Waals surface area contributed by atoms with Crippen LogP contribution < -0.4 is 0 Å². The van der Waals surface area contributed by atoms with Gasteiger partial charge in [0.25, 0.3) is 0 Å². The minimum Gasteiger partial charge on any atom is -0.466 e. The number of rotatable bonds is 7. The molecule has 110 valence electrons. The maximum Gasteiger partial charge on any atom is 0.335 e. The fourth-order valence-electron chi connectivity index (χ4n) is 1.80. The Morgan fingerprint density at radius 1 is 1.21 bits per heavy atom. The summed E-state index contributed by atoms with van der Waals surface area (Å²) in [6.45, 7) is 4.54. The Bertz CT molecular complexity index is 285. The highest BCUT2D eigenvalue weighted by Crippen LogP contribution is 2.17. The average molecular weight is 274 g/mol. The quantitative estimate of drug-likeness (QED) is 0.654. The van der Waals surface area contributed by atoms with Crippen LogP contribution in [0.2, 0.25) is 0 Å². The van der Waals surface area contributed by atoms with Crippen molar-refractivity contribution in [1.82, 2.24) is 0 Å². The van der Waals surface area contributed by atoms with Crippen molar-refractivity contribution in [3.05, 3.63) is 0 Å². The lowest BCUT2D eigenvalue weighted by Gasteiger charge is -2.26. The van der Waals surface area contributed by atoms with E-state index in [-0.39, 0.29) is 19.6 Å². The van der Waals surface area contributed by atoms with Gasteiger partial charge in [0.15, 0.2) is 12.4 Å². The Morgan fingerprint density at radius 3 is 2.53 bits per heavy atom. The molecule has 0 N–H and O–H groups in total. The highest BCUT2D eigenvalue weighted by molar-refractivity contribution is 5.81. The Hall–Kier alpha value is -1.14. The summed E-state index contributed by atoms with van der Waals surface area (Å²) in [5.74, 6) is -1.03. The van der Waals surface area contributed by atoms with Gasteiger partial charge in [-0.25, -0.2) is 4.79 Å². The number of hydrogen-bond acceptors (Lipinski definition) is 6. The van der Waals surface area contributed by atoms with Gasteiger partial charge in [0.2, 0.25) is 0 Å². The smallest absolute Gasteiger partial charge is 0.335 e. The molecule has 0 radical (unpaired) electrons. The molecule has 2 atom stereocenters. The van der Waals surface area contributed by atoms with Crippen LogP contribution in [0, 0.1) is 0 Å². The molecule has 0 aromatic rings. The van der Waals surface area contributed by atoms with Gasteiger partial charge in [-0.15, -0.1) is 0 Å². The Balaban J connectivity index is 2.52. The Morgan fingerprint density at radius 2 is 1.95 bits per heavy atom. The first-order chi connectivity index (χ1) is 9.17. The van der Waals surface area contributed by atoms with E-state index in [0.29, 0.717) is 6.61 Å². The van der Waals surface area contributed by atoms with Gasteiger partial charge in [-0.3, -0.25) is 4.79 Å². The number of esters is 2. The zero-order valence-electron chi connectivity index (χ0n) is 11.6. The van der Waals surface area contributed by atoms with Crippen molar-refractivity contribution in [3.63, 3.8) is 0 Å². The van der Waals surface area contributed by atoms with E-state index in [0.717, 1.165) is 19.3 Å². The van der Waals surface area contributed by atoms with Gasteiger partial charge in [0, 0.05) is 6.61 Å². The third-order valence-corrected chi connectivity index (χ3v) is 2.66. The molecule has 1 saturated heterocycles. The Labute approximate surface area is 113 Å². The second-order valence-electron chi connectivity index (χ2n) is 4.18. The number of carbonyl (C=O) groups is 2. The molecule has 19 heavy (non-hydrogen) atoms. The van der Waals surface area contributed by atoms with Crippen LogP contribution in [0.4, 0.5) is 0 Å². The number of carbonyl (C=O) groups excluding carboxylic acids is 2. The van der Waals surface area contributed by atoms with Crippen LogP contribution in [0.3, 0.4) is 0 Å².